The Balaban J connectivity index is 2.02. The van der Waals surface area contributed by atoms with E-state index in [0.717, 1.165) is 21.7 Å². The minimum absolute atomic E-state index is 0.107. The van der Waals surface area contributed by atoms with Crippen molar-refractivity contribution in [3.63, 3.8) is 0 Å². The summed E-state index contributed by atoms with van der Waals surface area (Å²) in [6.07, 6.45) is 1.25. The third kappa shape index (κ3) is 7.50. The molecule has 2 amide bonds. The minimum Gasteiger partial charge on any atom is -0.357 e. The number of carbonyl (C=O) groups is 3. The summed E-state index contributed by atoms with van der Waals surface area (Å²) in [5.41, 5.74) is 2.17. The second-order valence-electron chi connectivity index (χ2n) is 8.70. The van der Waals surface area contributed by atoms with Gasteiger partial charge in [-0.15, -0.1) is 0 Å². The first-order chi connectivity index (χ1) is 17.6. The number of ketones is 1. The zero-order chi connectivity index (χ0) is 27.0. The lowest BCUT2D eigenvalue weighted by Crippen LogP contribution is -2.52. The number of likely N-dealkylation sites (N-methyl/N-ethyl adjacent to an activating group) is 1. The highest BCUT2D eigenvalue weighted by atomic mass is 32.2. The molecule has 0 aliphatic carbocycles. The van der Waals surface area contributed by atoms with E-state index in [-0.39, 0.29) is 30.3 Å². The normalized spacial score (nSPS) is 11.9. The minimum atomic E-state index is -3.90. The molecule has 9 heteroatoms. The smallest absolute Gasteiger partial charge is 0.244 e. The molecule has 3 aromatic rings. The van der Waals surface area contributed by atoms with Crippen LogP contribution in [0.4, 0.5) is 5.69 Å². The Labute approximate surface area is 218 Å². The van der Waals surface area contributed by atoms with Crippen LogP contribution in [0.25, 0.3) is 0 Å². The van der Waals surface area contributed by atoms with E-state index in [9.17, 15) is 22.8 Å². The van der Waals surface area contributed by atoms with Crippen LogP contribution in [0.3, 0.4) is 0 Å². The highest BCUT2D eigenvalue weighted by Gasteiger charge is 2.32. The maximum Gasteiger partial charge on any atom is 0.244 e. The molecule has 0 spiro atoms. The number of nitrogens with one attached hydrogen (secondary N) is 1. The molecule has 0 radical (unpaired) electrons. The first-order valence-electron chi connectivity index (χ1n) is 11.8. The van der Waals surface area contributed by atoms with Crippen molar-refractivity contribution in [2.75, 3.05) is 24.2 Å². The molecule has 1 N–H and O–H groups in total. The Hall–Kier alpha value is -3.98. The van der Waals surface area contributed by atoms with E-state index >= 15 is 0 Å². The number of amides is 2. The molecule has 0 unspecified atom stereocenters. The monoisotopic (exact) mass is 521 g/mol. The van der Waals surface area contributed by atoms with Gasteiger partial charge in [-0.2, -0.15) is 0 Å². The maximum atomic E-state index is 13.8. The lowest BCUT2D eigenvalue weighted by molar-refractivity contribution is -0.139. The number of rotatable bonds is 11. The van der Waals surface area contributed by atoms with Gasteiger partial charge in [-0.05, 0) is 30.2 Å². The second kappa shape index (κ2) is 12.3. The summed E-state index contributed by atoms with van der Waals surface area (Å²) in [6, 6.07) is 23.8. The molecule has 0 bridgehead atoms. The molecule has 3 aromatic carbocycles. The predicted octanol–water partition coefficient (Wildman–Crippen LogP) is 3.04. The van der Waals surface area contributed by atoms with E-state index in [1.54, 1.807) is 12.1 Å². The summed E-state index contributed by atoms with van der Waals surface area (Å²) in [7, 11) is -2.40. The van der Waals surface area contributed by atoms with Gasteiger partial charge in [0.05, 0.1) is 11.9 Å². The van der Waals surface area contributed by atoms with Gasteiger partial charge >= 0.3 is 0 Å². The summed E-state index contributed by atoms with van der Waals surface area (Å²) in [6.45, 7) is 0.958. The van der Waals surface area contributed by atoms with Gasteiger partial charge in [0.25, 0.3) is 0 Å². The van der Waals surface area contributed by atoms with Crippen molar-refractivity contribution in [3.8, 4) is 0 Å². The molecule has 1 atom stereocenters. The fourth-order valence-corrected chi connectivity index (χ4v) is 4.84. The number of anilines is 1. The van der Waals surface area contributed by atoms with Gasteiger partial charge in [-0.1, -0.05) is 72.8 Å². The Morgan fingerprint density at radius 1 is 0.865 bits per heavy atom. The fraction of sp³-hybridized carbons (Fsp3) is 0.250. The van der Waals surface area contributed by atoms with Crippen LogP contribution in [0.2, 0.25) is 0 Å². The maximum absolute atomic E-state index is 13.8. The van der Waals surface area contributed by atoms with Crippen LogP contribution in [0, 0.1) is 0 Å². The highest BCUT2D eigenvalue weighted by Crippen LogP contribution is 2.21. The van der Waals surface area contributed by atoms with Crippen molar-refractivity contribution < 1.29 is 22.8 Å². The van der Waals surface area contributed by atoms with E-state index in [4.69, 9.17) is 0 Å². The predicted molar refractivity (Wildman–Crippen MR) is 144 cm³/mol. The SMILES string of the molecule is CNC(=O)[C@H](Cc1ccccc1)N(Cc1ccccc1)C(=O)CN(c1cccc(C(C)=O)c1)S(C)(=O)=O. The summed E-state index contributed by atoms with van der Waals surface area (Å²) in [5, 5.41) is 2.64. The van der Waals surface area contributed by atoms with E-state index in [1.807, 2.05) is 60.7 Å². The fourth-order valence-electron chi connectivity index (χ4n) is 3.99. The molecule has 0 saturated heterocycles. The van der Waals surface area contributed by atoms with E-state index in [0.29, 0.717) is 5.56 Å². The number of nitrogens with zero attached hydrogens (tertiary/aromatic N) is 2. The first-order valence-corrected chi connectivity index (χ1v) is 13.6. The number of hydrogen-bond donors (Lipinski definition) is 1. The molecular formula is C28H31N3O5S. The summed E-state index contributed by atoms with van der Waals surface area (Å²) in [4.78, 5) is 40.2. The molecule has 0 fully saturated rings. The largest absolute Gasteiger partial charge is 0.357 e. The van der Waals surface area contributed by atoms with E-state index in [1.165, 1.54) is 31.0 Å². The molecule has 0 aromatic heterocycles. The van der Waals surface area contributed by atoms with Crippen molar-refractivity contribution in [2.45, 2.75) is 25.9 Å². The van der Waals surface area contributed by atoms with Crippen LogP contribution in [-0.2, 0) is 32.6 Å². The van der Waals surface area contributed by atoms with Crippen molar-refractivity contribution in [1.82, 2.24) is 10.2 Å². The Morgan fingerprint density at radius 3 is 2.00 bits per heavy atom. The molecule has 194 valence electrons. The van der Waals surface area contributed by atoms with Crippen LogP contribution in [0.1, 0.15) is 28.4 Å². The zero-order valence-electron chi connectivity index (χ0n) is 21.1. The topological polar surface area (TPSA) is 104 Å². The van der Waals surface area contributed by atoms with Gasteiger partial charge in [-0.3, -0.25) is 18.7 Å². The molecule has 37 heavy (non-hydrogen) atoms. The molecule has 0 heterocycles. The van der Waals surface area contributed by atoms with Crippen LogP contribution >= 0.6 is 0 Å². The lowest BCUT2D eigenvalue weighted by atomic mass is 10.0. The molecule has 8 nitrogen and oxygen atoms in total. The third-order valence-electron chi connectivity index (χ3n) is 5.93. The number of benzene rings is 3. The van der Waals surface area contributed by atoms with Crippen molar-refractivity contribution >= 4 is 33.3 Å². The van der Waals surface area contributed by atoms with Crippen molar-refractivity contribution in [3.05, 3.63) is 102 Å². The number of Topliss-reactive ketones (excluding diaryl/α,β-unsaturated/α-hetero) is 1. The van der Waals surface area contributed by atoms with Crippen molar-refractivity contribution in [1.29, 1.82) is 0 Å². The summed E-state index contributed by atoms with van der Waals surface area (Å²) >= 11 is 0. The van der Waals surface area contributed by atoms with Crippen LogP contribution < -0.4 is 9.62 Å². The number of carbonyl (C=O) groups excluding carboxylic acids is 3. The van der Waals surface area contributed by atoms with Crippen LogP contribution in [-0.4, -0.2) is 56.8 Å². The van der Waals surface area contributed by atoms with Gasteiger partial charge in [0.15, 0.2) is 5.78 Å². The van der Waals surface area contributed by atoms with Gasteiger partial charge in [-0.25, -0.2) is 8.42 Å². The Morgan fingerprint density at radius 2 is 1.46 bits per heavy atom. The molecule has 0 saturated carbocycles. The Kier molecular flexibility index (Phi) is 9.19. The van der Waals surface area contributed by atoms with Crippen molar-refractivity contribution in [2.24, 2.45) is 0 Å². The van der Waals surface area contributed by atoms with Gasteiger partial charge in [0.1, 0.15) is 12.6 Å². The molecule has 0 aliphatic heterocycles. The second-order valence-corrected chi connectivity index (χ2v) is 10.6. The first kappa shape index (κ1) is 27.6. The highest BCUT2D eigenvalue weighted by molar-refractivity contribution is 7.92. The zero-order valence-corrected chi connectivity index (χ0v) is 21.9. The standard InChI is InChI=1S/C28H31N3O5S/c1-21(32)24-15-10-16-25(18-24)31(37(3,35)36)20-27(33)30(19-23-13-8-5-9-14-23)26(28(34)29-2)17-22-11-6-4-7-12-22/h4-16,18,26H,17,19-20H2,1-3H3,(H,29,34)/t26-/m0/s1. The summed E-state index contributed by atoms with van der Waals surface area (Å²) in [5.74, 6) is -1.14. The quantitative estimate of drug-likeness (QED) is 0.391. The van der Waals surface area contributed by atoms with Crippen LogP contribution in [0.5, 0.6) is 0 Å². The average Bonchev–Trinajstić information content (AvgIpc) is 2.89. The van der Waals surface area contributed by atoms with Gasteiger partial charge in [0, 0.05) is 25.6 Å². The molecular weight excluding hydrogens is 490 g/mol. The molecule has 0 aliphatic rings. The van der Waals surface area contributed by atoms with Gasteiger partial charge < -0.3 is 10.2 Å². The molecule has 3 rings (SSSR count). The lowest BCUT2D eigenvalue weighted by Gasteiger charge is -2.33. The average molecular weight is 522 g/mol. The Bertz CT molecular complexity index is 1340. The van der Waals surface area contributed by atoms with Crippen LogP contribution in [0.15, 0.2) is 84.9 Å². The number of hydrogen-bond acceptors (Lipinski definition) is 5. The third-order valence-corrected chi connectivity index (χ3v) is 7.07. The van der Waals surface area contributed by atoms with E-state index in [2.05, 4.69) is 5.32 Å². The number of sulfonamides is 1. The summed E-state index contributed by atoms with van der Waals surface area (Å²) < 4.78 is 26.5. The van der Waals surface area contributed by atoms with Gasteiger partial charge in [0.2, 0.25) is 21.8 Å². The van der Waals surface area contributed by atoms with E-state index < -0.39 is 28.5 Å².